The molecule has 124 valence electrons. The number of nitrogens with zero attached hydrogens (tertiary/aromatic N) is 2. The van der Waals surface area contributed by atoms with Gasteiger partial charge in [-0.05, 0) is 48.2 Å². The summed E-state index contributed by atoms with van der Waals surface area (Å²) in [7, 11) is 0. The predicted molar refractivity (Wildman–Crippen MR) is 97.2 cm³/mol. The quantitative estimate of drug-likeness (QED) is 0.574. The number of hydrogen-bond donors (Lipinski definition) is 0. The van der Waals surface area contributed by atoms with E-state index in [2.05, 4.69) is 11.1 Å². The highest BCUT2D eigenvalue weighted by molar-refractivity contribution is 6.30. The molecule has 1 unspecified atom stereocenters. The van der Waals surface area contributed by atoms with Gasteiger partial charge < -0.3 is 4.90 Å². The summed E-state index contributed by atoms with van der Waals surface area (Å²) in [5.74, 6) is -0.184. The number of halogens is 1. The standard InChI is InChI=1S/C19H19ClN2O2/c20-17-8-10-18(11-9-17)21-12-4-7-16(13-21)19(14-22(23)24)15-5-2-1-3-6-15/h1-3,5-6,8-11,13,19H,4,7,12,14H2. The van der Waals surface area contributed by atoms with Crippen LogP contribution in [-0.4, -0.2) is 18.0 Å². The first-order valence-corrected chi connectivity index (χ1v) is 8.41. The number of benzene rings is 2. The van der Waals surface area contributed by atoms with Gasteiger partial charge in [0, 0.05) is 28.4 Å². The first-order chi connectivity index (χ1) is 11.6. The second-order valence-corrected chi connectivity index (χ2v) is 6.39. The van der Waals surface area contributed by atoms with Crippen LogP contribution >= 0.6 is 11.6 Å². The van der Waals surface area contributed by atoms with Crippen LogP contribution in [0.25, 0.3) is 0 Å². The SMILES string of the molecule is O=[N+]([O-])CC(C1=CN(c2ccc(Cl)cc2)CCC1)c1ccccc1. The predicted octanol–water partition coefficient (Wildman–Crippen LogP) is 4.88. The average Bonchev–Trinajstić information content (AvgIpc) is 2.61. The monoisotopic (exact) mass is 342 g/mol. The molecular weight excluding hydrogens is 324 g/mol. The Hall–Kier alpha value is -2.33. The van der Waals surface area contributed by atoms with Gasteiger partial charge in [-0.15, -0.1) is 0 Å². The Morgan fingerprint density at radius 2 is 1.83 bits per heavy atom. The van der Waals surface area contributed by atoms with Crippen molar-refractivity contribution in [1.82, 2.24) is 0 Å². The molecule has 2 aromatic carbocycles. The van der Waals surface area contributed by atoms with E-state index in [1.807, 2.05) is 54.6 Å². The zero-order valence-corrected chi connectivity index (χ0v) is 14.0. The minimum absolute atomic E-state index is 0.0791. The smallest absolute Gasteiger partial charge is 0.214 e. The van der Waals surface area contributed by atoms with E-state index in [4.69, 9.17) is 11.6 Å². The highest BCUT2D eigenvalue weighted by Gasteiger charge is 2.25. The first-order valence-electron chi connectivity index (χ1n) is 8.03. The zero-order chi connectivity index (χ0) is 16.9. The van der Waals surface area contributed by atoms with Crippen molar-refractivity contribution in [2.24, 2.45) is 0 Å². The van der Waals surface area contributed by atoms with Crippen LogP contribution in [0.4, 0.5) is 5.69 Å². The summed E-state index contributed by atoms with van der Waals surface area (Å²) in [5, 5.41) is 11.9. The zero-order valence-electron chi connectivity index (χ0n) is 13.3. The fourth-order valence-electron chi connectivity index (χ4n) is 3.15. The lowest BCUT2D eigenvalue weighted by atomic mass is 9.87. The summed E-state index contributed by atoms with van der Waals surface area (Å²) in [6, 6.07) is 17.4. The van der Waals surface area contributed by atoms with Crippen molar-refractivity contribution in [2.75, 3.05) is 18.0 Å². The Morgan fingerprint density at radius 3 is 2.50 bits per heavy atom. The van der Waals surface area contributed by atoms with E-state index in [1.54, 1.807) is 0 Å². The molecule has 0 radical (unpaired) electrons. The van der Waals surface area contributed by atoms with Gasteiger partial charge in [-0.2, -0.15) is 0 Å². The summed E-state index contributed by atoms with van der Waals surface area (Å²) in [5.41, 5.74) is 3.17. The van der Waals surface area contributed by atoms with E-state index in [-0.39, 0.29) is 17.4 Å². The first kappa shape index (κ1) is 16.5. The van der Waals surface area contributed by atoms with Crippen molar-refractivity contribution in [3.8, 4) is 0 Å². The lowest BCUT2D eigenvalue weighted by Crippen LogP contribution is -2.26. The summed E-state index contributed by atoms with van der Waals surface area (Å²) in [6.07, 6.45) is 3.95. The van der Waals surface area contributed by atoms with Gasteiger partial charge in [-0.1, -0.05) is 41.9 Å². The van der Waals surface area contributed by atoms with Gasteiger partial charge in [0.05, 0.1) is 5.92 Å². The van der Waals surface area contributed by atoms with Crippen molar-refractivity contribution in [3.05, 3.63) is 87.1 Å². The topological polar surface area (TPSA) is 46.4 Å². The molecule has 0 saturated carbocycles. The minimum atomic E-state index is -0.222. The van der Waals surface area contributed by atoms with Crippen LogP contribution in [-0.2, 0) is 0 Å². The number of hydrogen-bond acceptors (Lipinski definition) is 3. The largest absolute Gasteiger partial charge is 0.348 e. The van der Waals surface area contributed by atoms with Crippen molar-refractivity contribution in [3.63, 3.8) is 0 Å². The summed E-state index contributed by atoms with van der Waals surface area (Å²) in [6.45, 7) is 0.829. The fourth-order valence-corrected chi connectivity index (χ4v) is 3.28. The molecule has 3 rings (SSSR count). The molecule has 0 fully saturated rings. The molecule has 0 aliphatic carbocycles. The van der Waals surface area contributed by atoms with E-state index in [0.29, 0.717) is 5.02 Å². The van der Waals surface area contributed by atoms with Gasteiger partial charge in [-0.25, -0.2) is 0 Å². The highest BCUT2D eigenvalue weighted by Crippen LogP contribution is 2.32. The van der Waals surface area contributed by atoms with Crippen LogP contribution in [0.2, 0.25) is 5.02 Å². The summed E-state index contributed by atoms with van der Waals surface area (Å²) < 4.78 is 0. The lowest BCUT2D eigenvalue weighted by Gasteiger charge is -2.29. The van der Waals surface area contributed by atoms with Crippen LogP contribution in [0, 0.1) is 10.1 Å². The fraction of sp³-hybridized carbons (Fsp3) is 0.263. The van der Waals surface area contributed by atoms with Gasteiger partial charge in [0.1, 0.15) is 0 Å². The highest BCUT2D eigenvalue weighted by atomic mass is 35.5. The summed E-state index contributed by atoms with van der Waals surface area (Å²) >= 11 is 5.96. The van der Waals surface area contributed by atoms with Crippen LogP contribution in [0.5, 0.6) is 0 Å². The average molecular weight is 343 g/mol. The van der Waals surface area contributed by atoms with Gasteiger partial charge >= 0.3 is 0 Å². The Labute approximate surface area is 146 Å². The van der Waals surface area contributed by atoms with E-state index in [0.717, 1.165) is 36.2 Å². The van der Waals surface area contributed by atoms with Crippen LogP contribution in [0.15, 0.2) is 66.4 Å². The van der Waals surface area contributed by atoms with Crippen LogP contribution in [0.1, 0.15) is 24.3 Å². The van der Waals surface area contributed by atoms with E-state index >= 15 is 0 Å². The van der Waals surface area contributed by atoms with Crippen molar-refractivity contribution in [1.29, 1.82) is 0 Å². The second-order valence-electron chi connectivity index (χ2n) is 5.96. The van der Waals surface area contributed by atoms with Gasteiger partial charge in [0.25, 0.3) is 0 Å². The molecule has 1 aliphatic rings. The van der Waals surface area contributed by atoms with E-state index in [1.165, 1.54) is 0 Å². The molecule has 4 nitrogen and oxygen atoms in total. The normalized spacial score (nSPS) is 15.7. The molecule has 0 N–H and O–H groups in total. The van der Waals surface area contributed by atoms with E-state index in [9.17, 15) is 10.1 Å². The molecule has 1 atom stereocenters. The molecule has 24 heavy (non-hydrogen) atoms. The maximum absolute atomic E-state index is 11.2. The van der Waals surface area contributed by atoms with Crippen molar-refractivity contribution in [2.45, 2.75) is 18.8 Å². The maximum Gasteiger partial charge on any atom is 0.214 e. The minimum Gasteiger partial charge on any atom is -0.348 e. The number of anilines is 1. The molecule has 0 saturated heterocycles. The third-order valence-electron chi connectivity index (χ3n) is 4.33. The Morgan fingerprint density at radius 1 is 1.12 bits per heavy atom. The molecule has 0 aromatic heterocycles. The molecule has 0 spiro atoms. The Balaban J connectivity index is 1.91. The molecule has 0 amide bonds. The third-order valence-corrected chi connectivity index (χ3v) is 4.58. The van der Waals surface area contributed by atoms with Gasteiger partial charge in [0.2, 0.25) is 6.54 Å². The molecule has 1 heterocycles. The van der Waals surface area contributed by atoms with Crippen LogP contribution in [0.3, 0.4) is 0 Å². The van der Waals surface area contributed by atoms with Gasteiger partial charge in [-0.3, -0.25) is 10.1 Å². The third kappa shape index (κ3) is 3.95. The van der Waals surface area contributed by atoms with Crippen molar-refractivity contribution < 1.29 is 4.92 Å². The lowest BCUT2D eigenvalue weighted by molar-refractivity contribution is -0.482. The molecule has 1 aliphatic heterocycles. The molecular formula is C19H19ClN2O2. The summed E-state index contributed by atoms with van der Waals surface area (Å²) in [4.78, 5) is 13.1. The Kier molecular flexibility index (Phi) is 5.16. The second kappa shape index (κ2) is 7.49. The van der Waals surface area contributed by atoms with E-state index < -0.39 is 0 Å². The van der Waals surface area contributed by atoms with Crippen molar-refractivity contribution >= 4 is 17.3 Å². The number of nitro groups is 1. The molecule has 5 heteroatoms. The molecule has 0 bridgehead atoms. The maximum atomic E-state index is 11.2. The Bertz CT molecular complexity index is 729. The van der Waals surface area contributed by atoms with Gasteiger partial charge in [0.15, 0.2) is 0 Å². The molecule has 2 aromatic rings. The number of rotatable bonds is 5. The van der Waals surface area contributed by atoms with Crippen LogP contribution < -0.4 is 4.90 Å².